The molecule has 192 valence electrons. The Hall–Kier alpha value is -3.47. The fourth-order valence-electron chi connectivity index (χ4n) is 4.11. The Morgan fingerprint density at radius 2 is 1.74 bits per heavy atom. The predicted octanol–water partition coefficient (Wildman–Crippen LogP) is -0.477. The summed E-state index contributed by atoms with van der Waals surface area (Å²) in [6, 6.07) is 5.01. The molecule has 4 atom stereocenters. The molecule has 0 spiro atoms. The minimum atomic E-state index is -1.37. The highest BCUT2D eigenvalue weighted by atomic mass is 16.4. The molecule has 0 radical (unpaired) electrons. The quantitative estimate of drug-likeness (QED) is 0.262. The van der Waals surface area contributed by atoms with Crippen molar-refractivity contribution in [3.63, 3.8) is 0 Å². The smallest absolute Gasteiger partial charge is 0.326 e. The average Bonchev–Trinajstić information content (AvgIpc) is 3.27. The standard InChI is InChI=1S/C24H35N5O6/c1-14(2)11-18(24(34)35)28-21(31)17(13-20(26)30)27-22(32)19-9-6-10-29(19)23(33)16(25)12-15-7-4-3-5-8-15/h3-5,7-8,14,16-19H,6,9-13,25H2,1-2H3,(H2,26,30)(H,27,32)(H,28,31)(H,34,35). The van der Waals surface area contributed by atoms with Crippen LogP contribution in [-0.4, -0.2) is 70.3 Å². The molecule has 35 heavy (non-hydrogen) atoms. The number of hydrogen-bond acceptors (Lipinski definition) is 6. The molecule has 7 N–H and O–H groups in total. The van der Waals surface area contributed by atoms with Gasteiger partial charge in [-0.15, -0.1) is 0 Å². The first-order valence-corrected chi connectivity index (χ1v) is 11.7. The first-order valence-electron chi connectivity index (χ1n) is 11.7. The van der Waals surface area contributed by atoms with E-state index in [1.807, 2.05) is 30.3 Å². The van der Waals surface area contributed by atoms with E-state index in [2.05, 4.69) is 10.6 Å². The number of aliphatic carboxylic acids is 1. The molecule has 1 aliphatic heterocycles. The highest BCUT2D eigenvalue weighted by Crippen LogP contribution is 2.19. The minimum Gasteiger partial charge on any atom is -0.480 e. The Balaban J connectivity index is 2.08. The molecule has 11 heteroatoms. The number of benzene rings is 1. The minimum absolute atomic E-state index is 0.0151. The Morgan fingerprint density at radius 1 is 1.09 bits per heavy atom. The zero-order valence-electron chi connectivity index (χ0n) is 20.1. The fraction of sp³-hybridized carbons (Fsp3) is 0.542. The summed E-state index contributed by atoms with van der Waals surface area (Å²) in [6.45, 7) is 3.94. The summed E-state index contributed by atoms with van der Waals surface area (Å²) in [5.74, 6) is -3.92. The summed E-state index contributed by atoms with van der Waals surface area (Å²) >= 11 is 0. The molecule has 1 aromatic rings. The number of hydrogen-bond donors (Lipinski definition) is 5. The maximum Gasteiger partial charge on any atom is 0.326 e. The van der Waals surface area contributed by atoms with E-state index in [0.717, 1.165) is 5.56 Å². The molecule has 2 rings (SSSR count). The fourth-order valence-corrected chi connectivity index (χ4v) is 4.11. The normalized spacial score (nSPS) is 17.9. The molecule has 1 aliphatic rings. The first kappa shape index (κ1) is 27.8. The molecule has 0 saturated carbocycles. The van der Waals surface area contributed by atoms with Crippen molar-refractivity contribution in [3.8, 4) is 0 Å². The van der Waals surface area contributed by atoms with E-state index < -0.39 is 54.3 Å². The van der Waals surface area contributed by atoms with Crippen LogP contribution in [0.5, 0.6) is 0 Å². The number of nitrogens with one attached hydrogen (secondary N) is 2. The van der Waals surface area contributed by atoms with Gasteiger partial charge in [0.05, 0.1) is 12.5 Å². The predicted molar refractivity (Wildman–Crippen MR) is 128 cm³/mol. The molecular formula is C24H35N5O6. The second kappa shape index (κ2) is 12.8. The third kappa shape index (κ3) is 8.36. The van der Waals surface area contributed by atoms with Gasteiger partial charge in [0, 0.05) is 6.54 Å². The van der Waals surface area contributed by atoms with Gasteiger partial charge in [0.15, 0.2) is 0 Å². The number of carboxylic acid groups (broad SMARTS) is 1. The van der Waals surface area contributed by atoms with Crippen molar-refractivity contribution < 1.29 is 29.1 Å². The molecule has 4 amide bonds. The maximum atomic E-state index is 13.0. The van der Waals surface area contributed by atoms with Crippen molar-refractivity contribution in [2.75, 3.05) is 6.54 Å². The lowest BCUT2D eigenvalue weighted by Gasteiger charge is -2.28. The number of carbonyl (C=O) groups excluding carboxylic acids is 4. The second-order valence-corrected chi connectivity index (χ2v) is 9.25. The molecule has 0 bridgehead atoms. The third-order valence-corrected chi connectivity index (χ3v) is 5.81. The van der Waals surface area contributed by atoms with Gasteiger partial charge in [-0.05, 0) is 37.2 Å². The van der Waals surface area contributed by atoms with Crippen LogP contribution in [0, 0.1) is 5.92 Å². The van der Waals surface area contributed by atoms with E-state index in [-0.39, 0.29) is 18.2 Å². The van der Waals surface area contributed by atoms with Crippen LogP contribution in [0.3, 0.4) is 0 Å². The highest BCUT2D eigenvalue weighted by molar-refractivity contribution is 5.96. The van der Waals surface area contributed by atoms with Crippen molar-refractivity contribution in [2.45, 2.75) is 70.1 Å². The molecular weight excluding hydrogens is 454 g/mol. The second-order valence-electron chi connectivity index (χ2n) is 9.25. The van der Waals surface area contributed by atoms with Gasteiger partial charge in [-0.1, -0.05) is 44.2 Å². The van der Waals surface area contributed by atoms with Crippen LogP contribution in [0.4, 0.5) is 0 Å². The summed E-state index contributed by atoms with van der Waals surface area (Å²) < 4.78 is 0. The Labute approximate surface area is 204 Å². The zero-order valence-corrected chi connectivity index (χ0v) is 20.1. The molecule has 1 fully saturated rings. The van der Waals surface area contributed by atoms with Gasteiger partial charge in [-0.2, -0.15) is 0 Å². The zero-order chi connectivity index (χ0) is 26.1. The lowest BCUT2D eigenvalue weighted by Crippen LogP contribution is -2.57. The van der Waals surface area contributed by atoms with Gasteiger partial charge < -0.3 is 32.1 Å². The van der Waals surface area contributed by atoms with Gasteiger partial charge in [-0.3, -0.25) is 19.2 Å². The van der Waals surface area contributed by atoms with Crippen LogP contribution in [0.25, 0.3) is 0 Å². The number of carboxylic acids is 1. The van der Waals surface area contributed by atoms with Crippen LogP contribution in [0.1, 0.15) is 45.1 Å². The lowest BCUT2D eigenvalue weighted by molar-refractivity contribution is -0.143. The summed E-state index contributed by atoms with van der Waals surface area (Å²) in [5.41, 5.74) is 12.3. The highest BCUT2D eigenvalue weighted by Gasteiger charge is 2.38. The van der Waals surface area contributed by atoms with E-state index in [1.54, 1.807) is 13.8 Å². The SMILES string of the molecule is CC(C)CC(NC(=O)C(CC(N)=O)NC(=O)C1CCCN1C(=O)C(N)Cc1ccccc1)C(=O)O. The van der Waals surface area contributed by atoms with Crippen molar-refractivity contribution in [2.24, 2.45) is 17.4 Å². The number of amides is 4. The van der Waals surface area contributed by atoms with Crippen LogP contribution in [0.2, 0.25) is 0 Å². The van der Waals surface area contributed by atoms with E-state index in [1.165, 1.54) is 4.90 Å². The Morgan fingerprint density at radius 3 is 2.31 bits per heavy atom. The lowest BCUT2D eigenvalue weighted by atomic mass is 10.0. The number of likely N-dealkylation sites (tertiary alicyclic amines) is 1. The van der Waals surface area contributed by atoms with Crippen molar-refractivity contribution in [1.82, 2.24) is 15.5 Å². The molecule has 11 nitrogen and oxygen atoms in total. The van der Waals surface area contributed by atoms with E-state index >= 15 is 0 Å². The average molecular weight is 490 g/mol. The molecule has 1 saturated heterocycles. The molecule has 0 aromatic heterocycles. The van der Waals surface area contributed by atoms with Crippen molar-refractivity contribution in [1.29, 1.82) is 0 Å². The van der Waals surface area contributed by atoms with Gasteiger partial charge in [0.1, 0.15) is 18.1 Å². The first-order chi connectivity index (χ1) is 16.5. The number of carbonyl (C=O) groups is 5. The number of rotatable bonds is 12. The van der Waals surface area contributed by atoms with Gasteiger partial charge in [-0.25, -0.2) is 4.79 Å². The van der Waals surface area contributed by atoms with E-state index in [4.69, 9.17) is 11.5 Å². The van der Waals surface area contributed by atoms with Crippen molar-refractivity contribution >= 4 is 29.6 Å². The molecule has 0 aliphatic carbocycles. The molecule has 4 unspecified atom stereocenters. The van der Waals surface area contributed by atoms with Gasteiger partial charge in [0.25, 0.3) is 0 Å². The Kier molecular flexibility index (Phi) is 10.2. The number of nitrogens with zero attached hydrogens (tertiary/aromatic N) is 1. The topological polar surface area (TPSA) is 185 Å². The van der Waals surface area contributed by atoms with Crippen LogP contribution in [0.15, 0.2) is 30.3 Å². The van der Waals surface area contributed by atoms with Gasteiger partial charge >= 0.3 is 5.97 Å². The monoisotopic (exact) mass is 489 g/mol. The number of primary amides is 1. The van der Waals surface area contributed by atoms with Gasteiger partial charge in [0.2, 0.25) is 23.6 Å². The third-order valence-electron chi connectivity index (χ3n) is 5.81. The molecule has 1 aromatic carbocycles. The Bertz CT molecular complexity index is 922. The summed E-state index contributed by atoms with van der Waals surface area (Å²) in [6.07, 6.45) is 0.904. The van der Waals surface area contributed by atoms with Crippen LogP contribution in [-0.2, 0) is 30.4 Å². The number of nitrogens with two attached hydrogens (primary N) is 2. The summed E-state index contributed by atoms with van der Waals surface area (Å²) in [5, 5.41) is 14.2. The summed E-state index contributed by atoms with van der Waals surface area (Å²) in [7, 11) is 0. The van der Waals surface area contributed by atoms with E-state index in [0.29, 0.717) is 25.8 Å². The van der Waals surface area contributed by atoms with E-state index in [9.17, 15) is 29.1 Å². The molecule has 1 heterocycles. The van der Waals surface area contributed by atoms with Crippen molar-refractivity contribution in [3.05, 3.63) is 35.9 Å². The largest absolute Gasteiger partial charge is 0.480 e. The summed E-state index contributed by atoms with van der Waals surface area (Å²) in [4.78, 5) is 63.2. The van der Waals surface area contributed by atoms with Crippen LogP contribution >= 0.6 is 0 Å². The van der Waals surface area contributed by atoms with Crippen LogP contribution < -0.4 is 22.1 Å². The maximum absolute atomic E-state index is 13.0.